The number of anilines is 1. The summed E-state index contributed by atoms with van der Waals surface area (Å²) in [4.78, 5) is 18.1. The standard InChI is InChI=1S/C12H19N5O3S/c13-12-15-9(8-21-12)10(16-19)11(18)14-2-1-3-17-4-6-20-7-5-17/h8,19H,1-7H2,(H2,13,15)(H,14,18). The molecule has 9 heteroatoms. The molecule has 0 bridgehead atoms. The first kappa shape index (κ1) is 15.7. The molecule has 1 aromatic rings. The summed E-state index contributed by atoms with van der Waals surface area (Å²) in [6, 6.07) is 0. The first-order valence-corrected chi connectivity index (χ1v) is 7.60. The topological polar surface area (TPSA) is 113 Å². The van der Waals surface area contributed by atoms with Crippen molar-refractivity contribution in [1.82, 2.24) is 15.2 Å². The van der Waals surface area contributed by atoms with E-state index in [2.05, 4.69) is 20.4 Å². The van der Waals surface area contributed by atoms with Gasteiger partial charge in [-0.25, -0.2) is 4.98 Å². The molecule has 21 heavy (non-hydrogen) atoms. The Bertz CT molecular complexity index is 499. The van der Waals surface area contributed by atoms with E-state index in [9.17, 15) is 4.79 Å². The van der Waals surface area contributed by atoms with E-state index in [-0.39, 0.29) is 11.4 Å². The quantitative estimate of drug-likeness (QED) is 0.289. The Balaban J connectivity index is 1.73. The van der Waals surface area contributed by atoms with E-state index in [1.165, 1.54) is 11.3 Å². The zero-order valence-corrected chi connectivity index (χ0v) is 12.4. The summed E-state index contributed by atoms with van der Waals surface area (Å²) < 4.78 is 5.27. The van der Waals surface area contributed by atoms with Crippen LogP contribution in [0.2, 0.25) is 0 Å². The number of morpholine rings is 1. The van der Waals surface area contributed by atoms with Crippen LogP contribution in [0.15, 0.2) is 10.5 Å². The number of nitrogens with one attached hydrogen (secondary N) is 1. The molecule has 1 fully saturated rings. The molecule has 1 aliphatic rings. The van der Waals surface area contributed by atoms with Gasteiger partial charge in [0.2, 0.25) is 0 Å². The SMILES string of the molecule is Nc1nc(C(=NO)C(=O)NCCCN2CCOCC2)cs1. The second-order valence-electron chi connectivity index (χ2n) is 4.58. The molecule has 116 valence electrons. The zero-order valence-electron chi connectivity index (χ0n) is 11.6. The number of ether oxygens (including phenoxy) is 1. The summed E-state index contributed by atoms with van der Waals surface area (Å²) in [5.74, 6) is -0.454. The average Bonchev–Trinajstić information content (AvgIpc) is 2.92. The molecule has 2 rings (SSSR count). The van der Waals surface area contributed by atoms with E-state index in [1.807, 2.05) is 0 Å². The lowest BCUT2D eigenvalue weighted by Gasteiger charge is -2.26. The highest BCUT2D eigenvalue weighted by atomic mass is 32.1. The van der Waals surface area contributed by atoms with Crippen LogP contribution in [-0.4, -0.2) is 66.1 Å². The number of aromatic nitrogens is 1. The minimum absolute atomic E-state index is 0.116. The fourth-order valence-corrected chi connectivity index (χ4v) is 2.57. The number of nitrogens with two attached hydrogens (primary N) is 1. The summed E-state index contributed by atoms with van der Waals surface area (Å²) in [6.45, 7) is 4.79. The van der Waals surface area contributed by atoms with E-state index in [0.29, 0.717) is 11.7 Å². The number of amides is 1. The van der Waals surface area contributed by atoms with Gasteiger partial charge >= 0.3 is 0 Å². The maximum absolute atomic E-state index is 11.9. The molecule has 0 aromatic carbocycles. The third kappa shape index (κ3) is 4.66. The molecule has 0 saturated carbocycles. The molecule has 1 saturated heterocycles. The van der Waals surface area contributed by atoms with Gasteiger partial charge in [0.05, 0.1) is 13.2 Å². The van der Waals surface area contributed by atoms with E-state index < -0.39 is 5.91 Å². The highest BCUT2D eigenvalue weighted by Crippen LogP contribution is 2.12. The monoisotopic (exact) mass is 313 g/mol. The van der Waals surface area contributed by atoms with Crippen LogP contribution in [0.3, 0.4) is 0 Å². The van der Waals surface area contributed by atoms with E-state index in [0.717, 1.165) is 39.3 Å². The molecule has 4 N–H and O–H groups in total. The molecule has 0 spiro atoms. The Labute approximate surface area is 126 Å². The summed E-state index contributed by atoms with van der Waals surface area (Å²) in [7, 11) is 0. The fraction of sp³-hybridized carbons (Fsp3) is 0.583. The number of thiazole rings is 1. The maximum Gasteiger partial charge on any atom is 0.275 e. The van der Waals surface area contributed by atoms with Crippen LogP contribution in [0.25, 0.3) is 0 Å². The van der Waals surface area contributed by atoms with Crippen molar-refractivity contribution in [3.63, 3.8) is 0 Å². The second kappa shape index (κ2) is 7.91. The van der Waals surface area contributed by atoms with Crippen LogP contribution >= 0.6 is 11.3 Å². The zero-order chi connectivity index (χ0) is 15.1. The van der Waals surface area contributed by atoms with Crippen molar-refractivity contribution in [1.29, 1.82) is 0 Å². The van der Waals surface area contributed by atoms with Gasteiger partial charge in [-0.05, 0) is 13.0 Å². The highest BCUT2D eigenvalue weighted by Gasteiger charge is 2.17. The van der Waals surface area contributed by atoms with Crippen LogP contribution in [0.5, 0.6) is 0 Å². The number of carbonyl (C=O) groups excluding carboxylic acids is 1. The normalized spacial score (nSPS) is 16.9. The Morgan fingerprint density at radius 2 is 2.33 bits per heavy atom. The molecule has 0 radical (unpaired) electrons. The molecule has 2 heterocycles. The van der Waals surface area contributed by atoms with Crippen LogP contribution < -0.4 is 11.1 Å². The minimum atomic E-state index is -0.454. The first-order valence-electron chi connectivity index (χ1n) is 6.72. The number of hydrogen-bond donors (Lipinski definition) is 3. The van der Waals surface area contributed by atoms with Crippen LogP contribution in [0, 0.1) is 0 Å². The van der Waals surface area contributed by atoms with Gasteiger partial charge in [-0.2, -0.15) is 0 Å². The van der Waals surface area contributed by atoms with Crippen molar-refractivity contribution < 1.29 is 14.7 Å². The summed E-state index contributed by atoms with van der Waals surface area (Å²) in [5.41, 5.74) is 5.67. The largest absolute Gasteiger partial charge is 0.410 e. The van der Waals surface area contributed by atoms with Crippen LogP contribution in [0.1, 0.15) is 12.1 Å². The average molecular weight is 313 g/mol. The molecule has 0 atom stereocenters. The molecule has 1 aliphatic heterocycles. The number of carbonyl (C=O) groups is 1. The molecule has 1 aromatic heterocycles. The second-order valence-corrected chi connectivity index (χ2v) is 5.47. The Kier molecular flexibility index (Phi) is 5.90. The fourth-order valence-electron chi connectivity index (χ4n) is 2.02. The van der Waals surface area contributed by atoms with Gasteiger partial charge in [0.25, 0.3) is 5.91 Å². The maximum atomic E-state index is 11.9. The van der Waals surface area contributed by atoms with Crippen LogP contribution in [-0.2, 0) is 9.53 Å². The predicted octanol–water partition coefficient (Wildman–Crippen LogP) is -0.258. The van der Waals surface area contributed by atoms with Crippen molar-refractivity contribution in [2.75, 3.05) is 45.1 Å². The van der Waals surface area contributed by atoms with Crippen molar-refractivity contribution in [3.05, 3.63) is 11.1 Å². The number of oxime groups is 1. The molecular weight excluding hydrogens is 294 g/mol. The van der Waals surface area contributed by atoms with Crippen molar-refractivity contribution in [2.45, 2.75) is 6.42 Å². The van der Waals surface area contributed by atoms with Crippen molar-refractivity contribution >= 4 is 28.1 Å². The summed E-state index contributed by atoms with van der Waals surface area (Å²) >= 11 is 1.19. The van der Waals surface area contributed by atoms with E-state index in [1.54, 1.807) is 5.38 Å². The van der Waals surface area contributed by atoms with Gasteiger partial charge in [0, 0.05) is 25.0 Å². The molecule has 8 nitrogen and oxygen atoms in total. The Morgan fingerprint density at radius 1 is 1.57 bits per heavy atom. The lowest BCUT2D eigenvalue weighted by Crippen LogP contribution is -2.39. The van der Waals surface area contributed by atoms with Crippen molar-refractivity contribution in [3.8, 4) is 0 Å². The first-order chi connectivity index (χ1) is 10.2. The molecular formula is C12H19N5O3S. The number of rotatable bonds is 6. The van der Waals surface area contributed by atoms with Crippen molar-refractivity contribution in [2.24, 2.45) is 5.16 Å². The van der Waals surface area contributed by atoms with Crippen LogP contribution in [0.4, 0.5) is 5.13 Å². The van der Waals surface area contributed by atoms with Gasteiger partial charge in [-0.3, -0.25) is 9.69 Å². The third-order valence-electron chi connectivity index (χ3n) is 3.12. The molecule has 0 unspecified atom stereocenters. The number of nitrogen functional groups attached to an aromatic ring is 1. The Hall–Kier alpha value is -1.71. The molecule has 0 aliphatic carbocycles. The Morgan fingerprint density at radius 3 is 2.95 bits per heavy atom. The van der Waals surface area contributed by atoms with Gasteiger partial charge in [-0.15, -0.1) is 11.3 Å². The smallest absolute Gasteiger partial charge is 0.275 e. The summed E-state index contributed by atoms with van der Waals surface area (Å²) in [6.07, 6.45) is 0.823. The molecule has 1 amide bonds. The van der Waals surface area contributed by atoms with Gasteiger partial charge in [0.1, 0.15) is 5.69 Å². The van der Waals surface area contributed by atoms with E-state index >= 15 is 0 Å². The lowest BCUT2D eigenvalue weighted by molar-refractivity contribution is -0.114. The van der Waals surface area contributed by atoms with Gasteiger partial charge in [-0.1, -0.05) is 5.16 Å². The minimum Gasteiger partial charge on any atom is -0.410 e. The van der Waals surface area contributed by atoms with E-state index in [4.69, 9.17) is 15.7 Å². The summed E-state index contributed by atoms with van der Waals surface area (Å²) in [5, 5.41) is 16.6. The van der Waals surface area contributed by atoms with Gasteiger partial charge < -0.3 is 21.0 Å². The highest BCUT2D eigenvalue weighted by molar-refractivity contribution is 7.13. The number of nitrogens with zero attached hydrogens (tertiary/aromatic N) is 3. The third-order valence-corrected chi connectivity index (χ3v) is 3.79. The number of hydrogen-bond acceptors (Lipinski definition) is 8. The predicted molar refractivity (Wildman–Crippen MR) is 79.7 cm³/mol. The van der Waals surface area contributed by atoms with Gasteiger partial charge in [0.15, 0.2) is 10.8 Å². The lowest BCUT2D eigenvalue weighted by atomic mass is 10.2.